The van der Waals surface area contributed by atoms with Crippen LogP contribution in [0.3, 0.4) is 0 Å². The average molecular weight is 408 g/mol. The molecule has 26 heavy (non-hydrogen) atoms. The van der Waals surface area contributed by atoms with Crippen molar-refractivity contribution in [3.8, 4) is 0 Å². The molecule has 0 atom stereocenters. The predicted molar refractivity (Wildman–Crippen MR) is 71.2 cm³/mol. The fraction of sp³-hybridized carbons (Fsp3) is 1.00. The molecule has 0 unspecified atom stereocenters. The maximum atomic E-state index is 14.3. The molecule has 0 aliphatic heterocycles. The minimum absolute atomic E-state index is 0.172. The van der Waals surface area contributed by atoms with Gasteiger partial charge in [0.15, 0.2) is 0 Å². The highest BCUT2D eigenvalue weighted by Crippen LogP contribution is 2.70. The minimum Gasteiger partial charge on any atom is -0.230 e. The van der Waals surface area contributed by atoms with E-state index in [4.69, 9.17) is 0 Å². The lowest BCUT2D eigenvalue weighted by Crippen LogP contribution is -2.83. The van der Waals surface area contributed by atoms with E-state index >= 15 is 0 Å². The van der Waals surface area contributed by atoms with Crippen LogP contribution in [0.25, 0.3) is 0 Å². The first-order valence-electron chi connectivity index (χ1n) is 8.14. The molecule has 1 rings (SSSR count). The number of hydrogen-bond acceptors (Lipinski definition) is 0. The Morgan fingerprint density at radius 1 is 0.423 bits per heavy atom. The van der Waals surface area contributed by atoms with Crippen molar-refractivity contribution in [3.05, 3.63) is 0 Å². The van der Waals surface area contributed by atoms with Crippen molar-refractivity contribution in [3.63, 3.8) is 0 Å². The second kappa shape index (κ2) is 7.00. The van der Waals surface area contributed by atoms with Gasteiger partial charge in [-0.3, -0.25) is 0 Å². The van der Waals surface area contributed by atoms with Crippen LogP contribution in [0, 0.1) is 0 Å². The molecule has 0 aromatic carbocycles. The smallest absolute Gasteiger partial charge is 0.230 e. The molecule has 0 aromatic rings. The standard InChI is InChI=1S/C15H19F11/c1-2-3-4-5-6-7-8-9-10(16)11(17,18)13(21,22)15(25,26)14(23,24)12(10,19)20/h2-9H2,1H3. The Bertz CT molecular complexity index is 454. The molecule has 0 N–H and O–H groups in total. The van der Waals surface area contributed by atoms with Crippen molar-refractivity contribution in [1.82, 2.24) is 0 Å². The summed E-state index contributed by atoms with van der Waals surface area (Å²) < 4.78 is 148. The Balaban J connectivity index is 3.06. The molecule has 1 fully saturated rings. The van der Waals surface area contributed by atoms with Crippen LogP contribution in [0.1, 0.15) is 58.3 Å². The Morgan fingerprint density at radius 2 is 0.731 bits per heavy atom. The number of hydrogen-bond donors (Lipinski definition) is 0. The molecule has 156 valence electrons. The van der Waals surface area contributed by atoms with Crippen LogP contribution >= 0.6 is 0 Å². The van der Waals surface area contributed by atoms with Crippen molar-refractivity contribution >= 4 is 0 Å². The van der Waals surface area contributed by atoms with Gasteiger partial charge in [0.25, 0.3) is 0 Å². The zero-order valence-corrected chi connectivity index (χ0v) is 13.8. The lowest BCUT2D eigenvalue weighted by molar-refractivity contribution is -0.485. The molecule has 0 amide bonds. The molecule has 0 radical (unpaired) electrons. The fourth-order valence-electron chi connectivity index (χ4n) is 2.93. The number of rotatable bonds is 8. The number of alkyl halides is 11. The molecule has 0 heterocycles. The summed E-state index contributed by atoms with van der Waals surface area (Å²) in [7, 11) is 0. The third kappa shape index (κ3) is 2.87. The van der Waals surface area contributed by atoms with Crippen LogP contribution in [0.15, 0.2) is 0 Å². The third-order valence-electron chi connectivity index (χ3n) is 4.70. The normalized spacial score (nSPS) is 27.2. The molecule has 0 saturated heterocycles. The van der Waals surface area contributed by atoms with Gasteiger partial charge in [0, 0.05) is 0 Å². The van der Waals surface area contributed by atoms with E-state index in [-0.39, 0.29) is 12.8 Å². The van der Waals surface area contributed by atoms with E-state index in [1.54, 1.807) is 0 Å². The lowest BCUT2D eigenvalue weighted by atomic mass is 9.70. The predicted octanol–water partition coefficient (Wildman–Crippen LogP) is 7.03. The second-order valence-electron chi connectivity index (χ2n) is 6.54. The summed E-state index contributed by atoms with van der Waals surface area (Å²) in [4.78, 5) is 0. The van der Waals surface area contributed by atoms with Gasteiger partial charge in [0.05, 0.1) is 0 Å². The molecular formula is C15H19F11. The zero-order valence-electron chi connectivity index (χ0n) is 13.8. The van der Waals surface area contributed by atoms with Gasteiger partial charge in [-0.2, -0.15) is 43.9 Å². The van der Waals surface area contributed by atoms with Crippen molar-refractivity contribution in [2.45, 2.75) is 93.6 Å². The molecular weight excluding hydrogens is 389 g/mol. The molecule has 1 saturated carbocycles. The van der Waals surface area contributed by atoms with Gasteiger partial charge >= 0.3 is 29.6 Å². The molecule has 1 aliphatic rings. The minimum atomic E-state index is -7.12. The topological polar surface area (TPSA) is 0 Å². The molecule has 1 aliphatic carbocycles. The first kappa shape index (κ1) is 23.3. The average Bonchev–Trinajstić information content (AvgIpc) is 2.51. The SMILES string of the molecule is CCCCCCCCCC1(F)C(F)(F)C(F)(F)C(F)(F)C(F)(F)C1(F)F. The van der Waals surface area contributed by atoms with Crippen molar-refractivity contribution in [1.29, 1.82) is 0 Å². The molecule has 0 aromatic heterocycles. The summed E-state index contributed by atoms with van der Waals surface area (Å²) in [6, 6.07) is 0. The number of halogens is 11. The summed E-state index contributed by atoms with van der Waals surface area (Å²) in [5, 5.41) is 0. The zero-order chi connectivity index (χ0) is 20.7. The second-order valence-corrected chi connectivity index (χ2v) is 6.54. The van der Waals surface area contributed by atoms with Crippen LogP contribution < -0.4 is 0 Å². The van der Waals surface area contributed by atoms with Crippen LogP contribution in [-0.4, -0.2) is 35.3 Å². The first-order chi connectivity index (χ1) is 11.6. The summed E-state index contributed by atoms with van der Waals surface area (Å²) in [5.41, 5.74) is -5.81. The van der Waals surface area contributed by atoms with E-state index in [1.807, 2.05) is 6.92 Å². The van der Waals surface area contributed by atoms with E-state index in [1.165, 1.54) is 0 Å². The van der Waals surface area contributed by atoms with Gasteiger partial charge in [0.1, 0.15) is 0 Å². The Hall–Kier alpha value is -0.770. The molecule has 0 nitrogen and oxygen atoms in total. The summed E-state index contributed by atoms with van der Waals surface area (Å²) >= 11 is 0. The number of unbranched alkanes of at least 4 members (excludes halogenated alkanes) is 6. The summed E-state index contributed by atoms with van der Waals surface area (Å²) in [5.74, 6) is -34.5. The van der Waals surface area contributed by atoms with E-state index < -0.39 is 48.1 Å². The molecule has 0 bridgehead atoms. The van der Waals surface area contributed by atoms with E-state index in [9.17, 15) is 48.3 Å². The van der Waals surface area contributed by atoms with Gasteiger partial charge in [0.2, 0.25) is 5.67 Å². The molecule has 11 heteroatoms. The van der Waals surface area contributed by atoms with Crippen molar-refractivity contribution < 1.29 is 48.3 Å². The quantitative estimate of drug-likeness (QED) is 0.299. The highest BCUT2D eigenvalue weighted by molar-refractivity contribution is 5.26. The maximum absolute atomic E-state index is 14.3. The first-order valence-corrected chi connectivity index (χ1v) is 8.14. The third-order valence-corrected chi connectivity index (χ3v) is 4.70. The highest BCUT2D eigenvalue weighted by Gasteiger charge is 3.00. The molecule has 0 spiro atoms. The van der Waals surface area contributed by atoms with Gasteiger partial charge in [-0.25, -0.2) is 4.39 Å². The summed E-state index contributed by atoms with van der Waals surface area (Å²) in [6.45, 7) is 1.89. The Labute approximate surface area is 143 Å². The summed E-state index contributed by atoms with van der Waals surface area (Å²) in [6.07, 6.45) is 0.0101. The van der Waals surface area contributed by atoms with Gasteiger partial charge in [-0.05, 0) is 12.8 Å². The van der Waals surface area contributed by atoms with Gasteiger partial charge in [-0.1, -0.05) is 45.4 Å². The van der Waals surface area contributed by atoms with Gasteiger partial charge < -0.3 is 0 Å². The van der Waals surface area contributed by atoms with E-state index in [0.717, 1.165) is 12.8 Å². The van der Waals surface area contributed by atoms with Crippen LogP contribution in [0.5, 0.6) is 0 Å². The maximum Gasteiger partial charge on any atom is 0.384 e. The van der Waals surface area contributed by atoms with E-state index in [0.29, 0.717) is 12.8 Å². The van der Waals surface area contributed by atoms with E-state index in [2.05, 4.69) is 0 Å². The highest BCUT2D eigenvalue weighted by atomic mass is 19.4. The lowest BCUT2D eigenvalue weighted by Gasteiger charge is -2.52. The van der Waals surface area contributed by atoms with Crippen molar-refractivity contribution in [2.24, 2.45) is 0 Å². The largest absolute Gasteiger partial charge is 0.384 e. The van der Waals surface area contributed by atoms with Crippen LogP contribution in [-0.2, 0) is 0 Å². The Morgan fingerprint density at radius 3 is 1.12 bits per heavy atom. The Kier molecular flexibility index (Phi) is 6.26. The van der Waals surface area contributed by atoms with Crippen molar-refractivity contribution in [2.75, 3.05) is 0 Å². The monoisotopic (exact) mass is 408 g/mol. The fourth-order valence-corrected chi connectivity index (χ4v) is 2.93. The van der Waals surface area contributed by atoms with Gasteiger partial charge in [-0.15, -0.1) is 0 Å². The van der Waals surface area contributed by atoms with Crippen LogP contribution in [0.4, 0.5) is 48.3 Å². The van der Waals surface area contributed by atoms with Crippen LogP contribution in [0.2, 0.25) is 0 Å².